The lowest BCUT2D eigenvalue weighted by atomic mass is 9.81. The molecule has 1 saturated heterocycles. The van der Waals surface area contributed by atoms with Gasteiger partial charge in [-0.1, -0.05) is 12.1 Å². The first-order chi connectivity index (χ1) is 8.69. The van der Waals surface area contributed by atoms with Crippen LogP contribution in [0.1, 0.15) is 25.7 Å². The van der Waals surface area contributed by atoms with Crippen LogP contribution in [0.15, 0.2) is 16.9 Å². The predicted octanol–water partition coefficient (Wildman–Crippen LogP) is 1.11. The Morgan fingerprint density at radius 2 is 2.17 bits per heavy atom. The molecule has 0 aromatic carbocycles. The van der Waals surface area contributed by atoms with Crippen molar-refractivity contribution in [2.75, 3.05) is 13.1 Å². The first-order valence-electron chi connectivity index (χ1n) is 6.22. The van der Waals surface area contributed by atoms with E-state index in [0.717, 1.165) is 37.6 Å². The van der Waals surface area contributed by atoms with Crippen molar-refractivity contribution in [3.05, 3.63) is 18.3 Å². The number of imidazole rings is 1. The molecule has 1 aliphatic heterocycles. The second kappa shape index (κ2) is 4.20. The number of nitrogens with one attached hydrogen (secondary N) is 1. The zero-order chi connectivity index (χ0) is 12.6. The molecule has 0 saturated carbocycles. The fourth-order valence-electron chi connectivity index (χ4n) is 2.33. The SMILES string of the molecule is Cn1ccnc1-c1noc(C2(C)CCNCC2)n1. The topological polar surface area (TPSA) is 68.8 Å². The molecule has 0 bridgehead atoms. The largest absolute Gasteiger partial charge is 0.338 e. The average Bonchev–Trinajstić information content (AvgIpc) is 2.98. The van der Waals surface area contributed by atoms with Crippen molar-refractivity contribution in [1.82, 2.24) is 25.0 Å². The smallest absolute Gasteiger partial charge is 0.238 e. The van der Waals surface area contributed by atoms with Gasteiger partial charge in [0.15, 0.2) is 5.82 Å². The highest BCUT2D eigenvalue weighted by molar-refractivity contribution is 5.42. The van der Waals surface area contributed by atoms with Crippen molar-refractivity contribution in [3.63, 3.8) is 0 Å². The van der Waals surface area contributed by atoms with Crippen molar-refractivity contribution in [2.45, 2.75) is 25.2 Å². The van der Waals surface area contributed by atoms with Crippen LogP contribution in [0.4, 0.5) is 0 Å². The van der Waals surface area contributed by atoms with Gasteiger partial charge in [-0.3, -0.25) is 0 Å². The van der Waals surface area contributed by atoms with Gasteiger partial charge in [0.25, 0.3) is 0 Å². The van der Waals surface area contributed by atoms with Gasteiger partial charge in [0.1, 0.15) is 0 Å². The molecule has 6 heteroatoms. The monoisotopic (exact) mass is 247 g/mol. The van der Waals surface area contributed by atoms with Gasteiger partial charge in [0.05, 0.1) is 0 Å². The van der Waals surface area contributed by atoms with Gasteiger partial charge < -0.3 is 14.4 Å². The van der Waals surface area contributed by atoms with E-state index >= 15 is 0 Å². The van der Waals surface area contributed by atoms with E-state index in [-0.39, 0.29) is 5.41 Å². The third-order valence-electron chi connectivity index (χ3n) is 3.67. The number of rotatable bonds is 2. The Kier molecular flexibility index (Phi) is 2.66. The Morgan fingerprint density at radius 1 is 1.39 bits per heavy atom. The quantitative estimate of drug-likeness (QED) is 0.861. The summed E-state index contributed by atoms with van der Waals surface area (Å²) in [6.07, 6.45) is 5.65. The lowest BCUT2D eigenvalue weighted by molar-refractivity contribution is 0.241. The van der Waals surface area contributed by atoms with Crippen molar-refractivity contribution in [2.24, 2.45) is 7.05 Å². The maximum absolute atomic E-state index is 5.44. The Labute approximate surface area is 105 Å². The third-order valence-corrected chi connectivity index (χ3v) is 3.67. The number of nitrogens with zero attached hydrogens (tertiary/aromatic N) is 4. The van der Waals surface area contributed by atoms with E-state index in [0.29, 0.717) is 5.82 Å². The molecule has 2 aromatic heterocycles. The van der Waals surface area contributed by atoms with E-state index in [1.54, 1.807) is 6.20 Å². The van der Waals surface area contributed by atoms with E-state index in [4.69, 9.17) is 4.52 Å². The summed E-state index contributed by atoms with van der Waals surface area (Å²) in [5.74, 6) is 2.03. The maximum atomic E-state index is 5.44. The zero-order valence-electron chi connectivity index (χ0n) is 10.7. The van der Waals surface area contributed by atoms with Crippen molar-refractivity contribution < 1.29 is 4.52 Å². The lowest BCUT2D eigenvalue weighted by Gasteiger charge is -2.30. The molecule has 0 aliphatic carbocycles. The highest BCUT2D eigenvalue weighted by Gasteiger charge is 2.34. The van der Waals surface area contributed by atoms with Crippen LogP contribution in [0, 0.1) is 0 Å². The van der Waals surface area contributed by atoms with E-state index in [1.165, 1.54) is 0 Å². The molecule has 1 fully saturated rings. The molecule has 3 rings (SSSR count). The van der Waals surface area contributed by atoms with Gasteiger partial charge in [0.2, 0.25) is 11.7 Å². The maximum Gasteiger partial charge on any atom is 0.238 e. The van der Waals surface area contributed by atoms with Crippen LogP contribution < -0.4 is 5.32 Å². The van der Waals surface area contributed by atoms with Crippen LogP contribution in [-0.4, -0.2) is 32.8 Å². The van der Waals surface area contributed by atoms with Gasteiger partial charge in [-0.25, -0.2) is 4.98 Å². The fraction of sp³-hybridized carbons (Fsp3) is 0.583. The Bertz CT molecular complexity index is 538. The van der Waals surface area contributed by atoms with Crippen LogP contribution in [0.3, 0.4) is 0 Å². The number of aryl methyl sites for hydroxylation is 1. The first-order valence-corrected chi connectivity index (χ1v) is 6.22. The summed E-state index contributed by atoms with van der Waals surface area (Å²) in [4.78, 5) is 8.75. The number of piperidine rings is 1. The van der Waals surface area contributed by atoms with Crippen LogP contribution >= 0.6 is 0 Å². The van der Waals surface area contributed by atoms with Gasteiger partial charge >= 0.3 is 0 Å². The molecule has 1 aliphatic rings. The molecule has 18 heavy (non-hydrogen) atoms. The zero-order valence-corrected chi connectivity index (χ0v) is 10.7. The molecule has 96 valence electrons. The molecule has 0 radical (unpaired) electrons. The van der Waals surface area contributed by atoms with Crippen molar-refractivity contribution in [1.29, 1.82) is 0 Å². The van der Waals surface area contributed by atoms with Gasteiger partial charge in [-0.05, 0) is 25.9 Å². The van der Waals surface area contributed by atoms with Gasteiger partial charge in [-0.2, -0.15) is 4.98 Å². The van der Waals surface area contributed by atoms with E-state index in [2.05, 4.69) is 27.4 Å². The second-order valence-corrected chi connectivity index (χ2v) is 5.10. The molecule has 6 nitrogen and oxygen atoms in total. The summed E-state index contributed by atoms with van der Waals surface area (Å²) >= 11 is 0. The molecular weight excluding hydrogens is 230 g/mol. The molecule has 3 heterocycles. The van der Waals surface area contributed by atoms with E-state index in [9.17, 15) is 0 Å². The molecule has 0 unspecified atom stereocenters. The molecule has 0 amide bonds. The Morgan fingerprint density at radius 3 is 2.83 bits per heavy atom. The van der Waals surface area contributed by atoms with Crippen molar-refractivity contribution in [3.8, 4) is 11.6 Å². The van der Waals surface area contributed by atoms with Gasteiger partial charge in [-0.15, -0.1) is 0 Å². The molecule has 1 N–H and O–H groups in total. The molecular formula is C12H17N5O. The average molecular weight is 247 g/mol. The summed E-state index contributed by atoms with van der Waals surface area (Å²) < 4.78 is 7.33. The molecule has 0 atom stereocenters. The minimum absolute atomic E-state index is 0.0122. The Balaban J connectivity index is 1.92. The third kappa shape index (κ3) is 1.82. The van der Waals surface area contributed by atoms with Crippen LogP contribution in [0.25, 0.3) is 11.6 Å². The summed E-state index contributed by atoms with van der Waals surface area (Å²) in [7, 11) is 1.92. The van der Waals surface area contributed by atoms with E-state index < -0.39 is 0 Å². The summed E-state index contributed by atoms with van der Waals surface area (Å²) in [5, 5.41) is 7.40. The van der Waals surface area contributed by atoms with Crippen molar-refractivity contribution >= 4 is 0 Å². The number of hydrogen-bond donors (Lipinski definition) is 1. The minimum Gasteiger partial charge on any atom is -0.338 e. The minimum atomic E-state index is -0.0122. The Hall–Kier alpha value is -1.69. The molecule has 0 spiro atoms. The van der Waals surface area contributed by atoms with Crippen LogP contribution in [0.2, 0.25) is 0 Å². The highest BCUT2D eigenvalue weighted by atomic mass is 16.5. The summed E-state index contributed by atoms with van der Waals surface area (Å²) in [5.41, 5.74) is -0.0122. The summed E-state index contributed by atoms with van der Waals surface area (Å²) in [6.45, 7) is 4.18. The highest BCUT2D eigenvalue weighted by Crippen LogP contribution is 2.32. The van der Waals surface area contributed by atoms with Crippen LogP contribution in [0.5, 0.6) is 0 Å². The summed E-state index contributed by atoms with van der Waals surface area (Å²) in [6, 6.07) is 0. The van der Waals surface area contributed by atoms with Crippen LogP contribution in [-0.2, 0) is 12.5 Å². The first kappa shape index (κ1) is 11.4. The lowest BCUT2D eigenvalue weighted by Crippen LogP contribution is -2.37. The number of hydrogen-bond acceptors (Lipinski definition) is 5. The predicted molar refractivity (Wildman–Crippen MR) is 66.0 cm³/mol. The van der Waals surface area contributed by atoms with E-state index in [1.807, 2.05) is 17.8 Å². The fourth-order valence-corrected chi connectivity index (χ4v) is 2.33. The normalized spacial score (nSPS) is 19.0. The second-order valence-electron chi connectivity index (χ2n) is 5.10. The van der Waals surface area contributed by atoms with Gasteiger partial charge in [0, 0.05) is 24.9 Å². The molecule has 2 aromatic rings. The number of aromatic nitrogens is 4. The standard InChI is InChI=1S/C12H17N5O/c1-12(3-5-13-6-4-12)11-15-9(16-18-11)10-14-7-8-17(10)2/h7-8,13H,3-6H2,1-2H3.